The molecule has 6 N–H and O–H groups in total. The Labute approximate surface area is 229 Å². The molecule has 40 heavy (non-hydrogen) atoms. The summed E-state index contributed by atoms with van der Waals surface area (Å²) in [7, 11) is 0. The largest absolute Gasteiger partial charge is 0.478 e. The first-order valence-electron chi connectivity index (χ1n) is 12.4. The minimum absolute atomic E-state index is 0.131. The van der Waals surface area contributed by atoms with Gasteiger partial charge in [-0.15, -0.1) is 0 Å². The number of rotatable bonds is 8. The number of anilines is 1. The van der Waals surface area contributed by atoms with E-state index in [1.54, 1.807) is 19.9 Å². The number of carboxylic acid groups (broad SMARTS) is 2. The first-order valence-corrected chi connectivity index (χ1v) is 12.4. The van der Waals surface area contributed by atoms with Crippen molar-refractivity contribution in [1.29, 1.82) is 0 Å². The van der Waals surface area contributed by atoms with Gasteiger partial charge in [-0.1, -0.05) is 0 Å². The number of halogens is 1. The van der Waals surface area contributed by atoms with Crippen LogP contribution in [0.3, 0.4) is 0 Å². The second kappa shape index (κ2) is 13.6. The zero-order valence-corrected chi connectivity index (χ0v) is 22.0. The molecule has 1 aromatic heterocycles. The molecule has 2 aromatic rings. The molecule has 1 saturated heterocycles. The number of carbonyl (C=O) groups excluding carboxylic acids is 2. The molecule has 0 spiro atoms. The Kier molecular flexibility index (Phi) is 10.3. The number of hydrogen-bond donors (Lipinski definition) is 6. The fourth-order valence-electron chi connectivity index (χ4n) is 4.29. The van der Waals surface area contributed by atoms with Crippen LogP contribution in [0.25, 0.3) is 11.6 Å². The number of benzene rings is 1. The van der Waals surface area contributed by atoms with Crippen molar-refractivity contribution in [3.63, 3.8) is 0 Å². The van der Waals surface area contributed by atoms with E-state index in [0.717, 1.165) is 13.1 Å². The highest BCUT2D eigenvalue weighted by Gasteiger charge is 2.26. The lowest BCUT2D eigenvalue weighted by Gasteiger charge is -2.28. The fraction of sp³-hybridized carbons (Fsp3) is 0.333. The van der Waals surface area contributed by atoms with Crippen LogP contribution in [0.4, 0.5) is 10.1 Å². The molecule has 1 aromatic carbocycles. The smallest absolute Gasteiger partial charge is 0.328 e. The molecule has 0 unspecified atom stereocenters. The molecule has 2 aliphatic rings. The third kappa shape index (κ3) is 8.09. The Balaban J connectivity index is 0.000000482. The summed E-state index contributed by atoms with van der Waals surface area (Å²) in [5.41, 5.74) is 3.75. The summed E-state index contributed by atoms with van der Waals surface area (Å²) >= 11 is 0. The van der Waals surface area contributed by atoms with E-state index in [2.05, 4.69) is 20.5 Å². The minimum Gasteiger partial charge on any atom is -0.478 e. The number of aliphatic hydroxyl groups is 1. The number of H-pyrrole nitrogens is 1. The maximum Gasteiger partial charge on any atom is 0.328 e. The van der Waals surface area contributed by atoms with Gasteiger partial charge in [0.2, 0.25) is 0 Å². The Morgan fingerprint density at radius 3 is 2.42 bits per heavy atom. The summed E-state index contributed by atoms with van der Waals surface area (Å²) in [6.45, 7) is 6.98. The number of carbonyl (C=O) groups is 4. The highest BCUT2D eigenvalue weighted by atomic mass is 19.1. The number of hydrogen-bond acceptors (Lipinski definition) is 7. The van der Waals surface area contributed by atoms with Crippen LogP contribution in [0.15, 0.2) is 30.4 Å². The summed E-state index contributed by atoms with van der Waals surface area (Å²) < 4.78 is 19.0. The number of aryl methyl sites for hydroxylation is 1. The Morgan fingerprint density at radius 2 is 1.80 bits per heavy atom. The number of ether oxygens (including phenoxy) is 1. The van der Waals surface area contributed by atoms with Crippen LogP contribution in [0.1, 0.15) is 32.9 Å². The molecular weight excluding hydrogens is 527 g/mol. The van der Waals surface area contributed by atoms with Crippen molar-refractivity contribution in [2.24, 2.45) is 0 Å². The molecule has 4 rings (SSSR count). The second-order valence-corrected chi connectivity index (χ2v) is 9.15. The van der Waals surface area contributed by atoms with E-state index in [1.807, 2.05) is 0 Å². The van der Waals surface area contributed by atoms with E-state index in [1.165, 1.54) is 18.2 Å². The van der Waals surface area contributed by atoms with Crippen molar-refractivity contribution in [2.75, 3.05) is 44.7 Å². The first kappa shape index (κ1) is 30.2. The van der Waals surface area contributed by atoms with Crippen molar-refractivity contribution in [2.45, 2.75) is 20.0 Å². The lowest BCUT2D eigenvalue weighted by molar-refractivity contribution is -0.134. The maximum atomic E-state index is 13.7. The van der Waals surface area contributed by atoms with Gasteiger partial charge in [-0.3, -0.25) is 14.5 Å². The van der Waals surface area contributed by atoms with Crippen LogP contribution in [0, 0.1) is 19.7 Å². The molecule has 3 heterocycles. The first-order chi connectivity index (χ1) is 19.0. The van der Waals surface area contributed by atoms with E-state index in [4.69, 9.17) is 14.9 Å². The number of aliphatic carboxylic acids is 2. The van der Waals surface area contributed by atoms with Crippen molar-refractivity contribution in [1.82, 2.24) is 15.2 Å². The van der Waals surface area contributed by atoms with Crippen molar-refractivity contribution >= 4 is 41.1 Å². The number of aromatic amines is 1. The molecule has 13 heteroatoms. The highest BCUT2D eigenvalue weighted by molar-refractivity contribution is 6.34. The Hall–Kier alpha value is -4.33. The zero-order valence-electron chi connectivity index (χ0n) is 22.0. The molecule has 0 radical (unpaired) electrons. The van der Waals surface area contributed by atoms with Crippen LogP contribution in [0.5, 0.6) is 0 Å². The van der Waals surface area contributed by atoms with Gasteiger partial charge < -0.3 is 35.7 Å². The monoisotopic (exact) mass is 558 g/mol. The van der Waals surface area contributed by atoms with Gasteiger partial charge in [0.1, 0.15) is 5.82 Å². The lowest BCUT2D eigenvalue weighted by atomic mass is 10.0. The summed E-state index contributed by atoms with van der Waals surface area (Å²) in [4.78, 5) is 49.6. The molecule has 0 bridgehead atoms. The van der Waals surface area contributed by atoms with Crippen LogP contribution >= 0.6 is 0 Å². The van der Waals surface area contributed by atoms with Crippen molar-refractivity contribution in [3.05, 3.63) is 64.2 Å². The number of aromatic nitrogens is 1. The van der Waals surface area contributed by atoms with Gasteiger partial charge in [0, 0.05) is 61.0 Å². The van der Waals surface area contributed by atoms with Crippen LogP contribution in [-0.2, 0) is 19.1 Å². The number of amides is 2. The zero-order chi connectivity index (χ0) is 29.4. The molecule has 214 valence electrons. The number of carboxylic acids is 2. The Bertz CT molecular complexity index is 1330. The van der Waals surface area contributed by atoms with Gasteiger partial charge in [-0.05, 0) is 43.7 Å². The van der Waals surface area contributed by atoms with E-state index >= 15 is 0 Å². The average molecular weight is 559 g/mol. The third-order valence-corrected chi connectivity index (χ3v) is 6.20. The van der Waals surface area contributed by atoms with Gasteiger partial charge in [-0.25, -0.2) is 14.0 Å². The van der Waals surface area contributed by atoms with Gasteiger partial charge in [0.25, 0.3) is 11.8 Å². The topological polar surface area (TPSA) is 181 Å². The van der Waals surface area contributed by atoms with Gasteiger partial charge >= 0.3 is 11.9 Å². The Morgan fingerprint density at radius 1 is 1.15 bits per heavy atom. The van der Waals surface area contributed by atoms with Crippen molar-refractivity contribution in [3.8, 4) is 0 Å². The molecule has 1 atom stereocenters. The number of morpholine rings is 1. The summed E-state index contributed by atoms with van der Waals surface area (Å²) in [6.07, 6.45) is 2.06. The van der Waals surface area contributed by atoms with Crippen LogP contribution in [0.2, 0.25) is 0 Å². The minimum atomic E-state index is -1.26. The van der Waals surface area contributed by atoms with Crippen molar-refractivity contribution < 1.29 is 43.6 Å². The van der Waals surface area contributed by atoms with Gasteiger partial charge in [0.05, 0.1) is 30.5 Å². The molecule has 0 aliphatic carbocycles. The second-order valence-electron chi connectivity index (χ2n) is 9.15. The van der Waals surface area contributed by atoms with Crippen LogP contribution in [-0.4, -0.2) is 94.5 Å². The molecule has 2 aliphatic heterocycles. The van der Waals surface area contributed by atoms with E-state index in [9.17, 15) is 28.7 Å². The summed E-state index contributed by atoms with van der Waals surface area (Å²) in [5, 5.41) is 31.4. The third-order valence-electron chi connectivity index (χ3n) is 6.20. The quantitative estimate of drug-likeness (QED) is 0.261. The molecule has 2 amide bonds. The van der Waals surface area contributed by atoms with E-state index in [-0.39, 0.29) is 18.4 Å². The summed E-state index contributed by atoms with van der Waals surface area (Å²) in [6, 6.07) is 4.13. The fourth-order valence-corrected chi connectivity index (χ4v) is 4.29. The number of aliphatic hydroxyl groups excluding tert-OH is 1. The standard InChI is InChI=1S/C23H27FN4O4.C4H4O4/c1-13-20(10-18-17-9-15(24)3-4-19(17)27-22(18)30)26-14(2)21(13)23(31)25-11-16(29)12-28-5-7-32-8-6-28;5-3(6)1-2-4(7)8/h3-4,9-10,16,26,29H,5-8,11-12H2,1-2H3,(H,25,31)(H,27,30);1-2H,(H,5,6)(H,7,8)/b18-10-;2-1-/t16-;/m1./s1. The SMILES string of the molecule is Cc1[nH]c(/C=C2\C(=O)Nc3ccc(F)cc32)c(C)c1C(=O)NC[C@@H](O)CN1CCOCC1.O=C(O)/C=C\C(=O)O. The molecule has 12 nitrogen and oxygen atoms in total. The van der Waals surface area contributed by atoms with Gasteiger partial charge in [0.15, 0.2) is 0 Å². The average Bonchev–Trinajstić information content (AvgIpc) is 3.36. The molecule has 0 saturated carbocycles. The number of β-amino-alcohol motifs (C(OH)–C–C–N with tert-alkyl or cyclic N) is 1. The maximum absolute atomic E-state index is 13.7. The molecular formula is C27H31FN4O8. The molecule has 1 fully saturated rings. The normalized spacial score (nSPS) is 16.7. The predicted molar refractivity (Wildman–Crippen MR) is 143 cm³/mol. The summed E-state index contributed by atoms with van der Waals surface area (Å²) in [5.74, 6) is -3.57. The van der Waals surface area contributed by atoms with Gasteiger partial charge in [-0.2, -0.15) is 0 Å². The highest BCUT2D eigenvalue weighted by Crippen LogP contribution is 2.34. The van der Waals surface area contributed by atoms with E-state index in [0.29, 0.717) is 71.2 Å². The van der Waals surface area contributed by atoms with E-state index < -0.39 is 23.9 Å². The number of nitrogens with one attached hydrogen (secondary N) is 3. The van der Waals surface area contributed by atoms with Crippen LogP contribution < -0.4 is 10.6 Å². The number of nitrogens with zero attached hydrogens (tertiary/aromatic N) is 1. The lowest BCUT2D eigenvalue weighted by Crippen LogP contribution is -2.44. The number of fused-ring (bicyclic) bond motifs is 1. The predicted octanol–water partition coefficient (Wildman–Crippen LogP) is 1.40.